The molecule has 0 aliphatic rings. The zero-order valence-electron chi connectivity index (χ0n) is 17.1. The lowest BCUT2D eigenvalue weighted by Crippen LogP contribution is -1.98. The molecular formula is C27H22O2P2. The molecular weight excluding hydrogens is 418 g/mol. The van der Waals surface area contributed by atoms with Crippen LogP contribution in [0, 0.1) is 6.92 Å². The lowest BCUT2D eigenvalue weighted by molar-refractivity contribution is 0.635. The topological polar surface area (TPSA) is 18.5 Å². The van der Waals surface area contributed by atoms with Gasteiger partial charge in [0.25, 0.3) is 0 Å². The van der Waals surface area contributed by atoms with Gasteiger partial charge in [0.15, 0.2) is 0 Å². The Labute approximate surface area is 186 Å². The van der Waals surface area contributed by atoms with Crippen molar-refractivity contribution in [2.75, 3.05) is 0 Å². The van der Waals surface area contributed by atoms with E-state index in [1.165, 1.54) is 21.6 Å². The van der Waals surface area contributed by atoms with Gasteiger partial charge >= 0.3 is 0 Å². The lowest BCUT2D eigenvalue weighted by Gasteiger charge is -2.18. The van der Waals surface area contributed by atoms with E-state index >= 15 is 0 Å². The van der Waals surface area contributed by atoms with Crippen molar-refractivity contribution in [3.63, 3.8) is 0 Å². The molecule has 152 valence electrons. The van der Waals surface area contributed by atoms with E-state index in [2.05, 4.69) is 107 Å². The van der Waals surface area contributed by atoms with Crippen molar-refractivity contribution < 1.29 is 9.05 Å². The highest BCUT2D eigenvalue weighted by molar-refractivity contribution is 7.42. The highest BCUT2D eigenvalue weighted by atomic mass is 31.1. The molecule has 31 heavy (non-hydrogen) atoms. The first-order chi connectivity index (χ1) is 15.2. The second kappa shape index (κ2) is 8.67. The minimum Gasteiger partial charge on any atom is -0.480 e. The highest BCUT2D eigenvalue weighted by Gasteiger charge is 2.18. The Morgan fingerprint density at radius 1 is 0.613 bits per heavy atom. The summed E-state index contributed by atoms with van der Waals surface area (Å²) in [5.41, 5.74) is 3.36. The number of rotatable bonds is 5. The second-order valence-corrected chi connectivity index (χ2v) is 8.73. The van der Waals surface area contributed by atoms with Crippen molar-refractivity contribution in [2.45, 2.75) is 6.92 Å². The molecule has 0 aliphatic heterocycles. The van der Waals surface area contributed by atoms with Crippen molar-refractivity contribution in [3.8, 4) is 22.6 Å². The van der Waals surface area contributed by atoms with E-state index in [0.29, 0.717) is 0 Å². The third-order valence-electron chi connectivity index (χ3n) is 5.49. The van der Waals surface area contributed by atoms with E-state index < -0.39 is 0 Å². The maximum absolute atomic E-state index is 6.44. The summed E-state index contributed by atoms with van der Waals surface area (Å²) in [7, 11) is 2.61. The summed E-state index contributed by atoms with van der Waals surface area (Å²) in [6, 6.07) is 33.7. The molecule has 0 fully saturated rings. The van der Waals surface area contributed by atoms with Crippen LogP contribution in [0.5, 0.6) is 11.5 Å². The zero-order chi connectivity index (χ0) is 21.2. The van der Waals surface area contributed by atoms with Crippen LogP contribution >= 0.6 is 18.3 Å². The Morgan fingerprint density at radius 3 is 1.77 bits per heavy atom. The monoisotopic (exact) mass is 440 g/mol. The van der Waals surface area contributed by atoms with Crippen molar-refractivity contribution in [3.05, 3.63) is 103 Å². The quantitative estimate of drug-likeness (QED) is 0.265. The number of benzene rings is 5. The fourth-order valence-corrected chi connectivity index (χ4v) is 4.83. The largest absolute Gasteiger partial charge is 0.480 e. The lowest BCUT2D eigenvalue weighted by atomic mass is 9.92. The highest BCUT2D eigenvalue weighted by Crippen LogP contribution is 2.46. The summed E-state index contributed by atoms with van der Waals surface area (Å²) in [5, 5.41) is 5.80. The number of aryl methyl sites for hydroxylation is 1. The third kappa shape index (κ3) is 3.90. The van der Waals surface area contributed by atoms with Crippen LogP contribution in [0.15, 0.2) is 97.1 Å². The fraction of sp³-hybridized carbons (Fsp3) is 0.0370. The Hall–Kier alpha value is -2.92. The maximum Gasteiger partial charge on any atom is 0.132 e. The normalized spacial score (nSPS) is 11.4. The van der Waals surface area contributed by atoms with Gasteiger partial charge in [0.1, 0.15) is 20.3 Å². The molecule has 5 aromatic carbocycles. The average Bonchev–Trinajstić information content (AvgIpc) is 2.82. The van der Waals surface area contributed by atoms with Crippen molar-refractivity contribution in [2.24, 2.45) is 0 Å². The Bertz CT molecular complexity index is 1380. The molecule has 0 saturated carbocycles. The SMILES string of the molecule is Cc1ccc(POc2ccc3ccccc3c2-c2c(OP)ccc3ccccc23)cc1. The molecule has 2 atom stereocenters. The summed E-state index contributed by atoms with van der Waals surface area (Å²) in [6.45, 7) is 2.10. The minimum absolute atomic E-state index is 0.219. The fourth-order valence-electron chi connectivity index (χ4n) is 3.94. The molecule has 0 heterocycles. The molecule has 4 heteroatoms. The number of hydrogen-bond acceptors (Lipinski definition) is 2. The molecule has 5 aromatic rings. The molecule has 2 nitrogen and oxygen atoms in total. The van der Waals surface area contributed by atoms with Gasteiger partial charge in [-0.1, -0.05) is 90.5 Å². The van der Waals surface area contributed by atoms with E-state index in [1.54, 1.807) is 0 Å². The van der Waals surface area contributed by atoms with Crippen molar-refractivity contribution >= 4 is 45.1 Å². The van der Waals surface area contributed by atoms with Gasteiger partial charge in [-0.25, -0.2) is 0 Å². The van der Waals surface area contributed by atoms with Crippen LogP contribution in [0.4, 0.5) is 0 Å². The summed E-state index contributed by atoms with van der Waals surface area (Å²) >= 11 is 0. The van der Waals surface area contributed by atoms with Crippen molar-refractivity contribution in [1.29, 1.82) is 0 Å². The van der Waals surface area contributed by atoms with Crippen LogP contribution in [-0.4, -0.2) is 0 Å². The number of hydrogen-bond donors (Lipinski definition) is 0. The molecule has 0 bridgehead atoms. The molecule has 0 aliphatic carbocycles. The molecule has 0 aromatic heterocycles. The Kier molecular flexibility index (Phi) is 5.60. The smallest absolute Gasteiger partial charge is 0.132 e. The van der Waals surface area contributed by atoms with Gasteiger partial charge in [-0.05, 0) is 40.6 Å². The van der Waals surface area contributed by atoms with Gasteiger partial charge in [-0.3, -0.25) is 0 Å². The van der Waals surface area contributed by atoms with E-state index in [0.717, 1.165) is 33.4 Å². The van der Waals surface area contributed by atoms with Gasteiger partial charge in [0.05, 0.1) is 9.47 Å². The first-order valence-corrected chi connectivity index (χ1v) is 11.5. The molecule has 0 spiro atoms. The first-order valence-electron chi connectivity index (χ1n) is 10.1. The van der Waals surface area contributed by atoms with Crippen LogP contribution in [0.25, 0.3) is 32.7 Å². The predicted octanol–water partition coefficient (Wildman–Crippen LogP) is 7.44. The van der Waals surface area contributed by atoms with E-state index in [1.807, 2.05) is 6.07 Å². The van der Waals surface area contributed by atoms with Crippen LogP contribution < -0.4 is 14.4 Å². The maximum atomic E-state index is 6.44. The van der Waals surface area contributed by atoms with Crippen LogP contribution in [0.1, 0.15) is 5.56 Å². The number of fused-ring (bicyclic) bond motifs is 2. The standard InChI is InChI=1S/C27H22O2P2/c1-18-10-14-21(15-11-18)31-29-25-17-13-20-7-3-5-9-23(20)27(25)26-22-8-4-2-6-19(22)12-16-24(26)28-30/h2-17,31H,30H2,1H3. The van der Waals surface area contributed by atoms with Crippen LogP contribution in [-0.2, 0) is 0 Å². The Morgan fingerprint density at radius 2 is 1.16 bits per heavy atom. The molecule has 0 amide bonds. The van der Waals surface area contributed by atoms with Gasteiger partial charge in [0, 0.05) is 16.4 Å². The summed E-state index contributed by atoms with van der Waals surface area (Å²) < 4.78 is 12.2. The van der Waals surface area contributed by atoms with Crippen LogP contribution in [0.3, 0.4) is 0 Å². The Balaban J connectivity index is 1.73. The predicted molar refractivity (Wildman–Crippen MR) is 137 cm³/mol. The average molecular weight is 440 g/mol. The van der Waals surface area contributed by atoms with E-state index in [4.69, 9.17) is 9.05 Å². The molecule has 0 saturated heterocycles. The summed E-state index contributed by atoms with van der Waals surface area (Å²) in [5.74, 6) is 1.67. The summed E-state index contributed by atoms with van der Waals surface area (Å²) in [4.78, 5) is 0. The van der Waals surface area contributed by atoms with Crippen LogP contribution in [0.2, 0.25) is 0 Å². The van der Waals surface area contributed by atoms with Gasteiger partial charge in [0.2, 0.25) is 0 Å². The zero-order valence-corrected chi connectivity index (χ0v) is 19.3. The molecule has 5 rings (SSSR count). The minimum atomic E-state index is 0.219. The second-order valence-electron chi connectivity index (χ2n) is 7.51. The van der Waals surface area contributed by atoms with E-state index in [9.17, 15) is 0 Å². The molecule has 0 radical (unpaired) electrons. The molecule has 0 N–H and O–H groups in total. The summed E-state index contributed by atoms with van der Waals surface area (Å²) in [6.07, 6.45) is 0. The van der Waals surface area contributed by atoms with E-state index in [-0.39, 0.29) is 8.81 Å². The van der Waals surface area contributed by atoms with Gasteiger partial charge in [-0.2, -0.15) is 0 Å². The van der Waals surface area contributed by atoms with Gasteiger partial charge in [-0.15, -0.1) is 0 Å². The van der Waals surface area contributed by atoms with Gasteiger partial charge < -0.3 is 9.05 Å². The van der Waals surface area contributed by atoms with Crippen molar-refractivity contribution in [1.82, 2.24) is 0 Å². The molecule has 2 unspecified atom stereocenters. The third-order valence-corrected chi connectivity index (χ3v) is 6.63. The first kappa shape index (κ1) is 20.0.